The van der Waals surface area contributed by atoms with Crippen LogP contribution in [0.15, 0.2) is 17.0 Å². The summed E-state index contributed by atoms with van der Waals surface area (Å²) in [4.78, 5) is 5.98. The highest BCUT2D eigenvalue weighted by Crippen LogP contribution is 2.29. The van der Waals surface area contributed by atoms with Crippen molar-refractivity contribution in [1.29, 1.82) is 0 Å². The number of nitrogens with one attached hydrogen (secondary N) is 1. The van der Waals surface area contributed by atoms with Gasteiger partial charge in [0.25, 0.3) is 10.0 Å². The highest BCUT2D eigenvalue weighted by Gasteiger charge is 2.22. The number of benzene rings is 1. The molecule has 1 N–H and O–H groups in total. The molecule has 0 amide bonds. The van der Waals surface area contributed by atoms with E-state index in [0.717, 1.165) is 12.1 Å². The number of ether oxygens (including phenoxy) is 1. The molecule has 102 valence electrons. The maximum Gasteiger partial charge on any atom is 0.264 e. The highest BCUT2D eigenvalue weighted by atomic mass is 35.5. The maximum absolute atomic E-state index is 13.3. The van der Waals surface area contributed by atoms with Gasteiger partial charge in [0, 0.05) is 7.11 Å². The molecule has 0 spiro atoms. The van der Waals surface area contributed by atoms with E-state index in [9.17, 15) is 12.8 Å². The number of sulfonamides is 1. The standard InChI is InChI=1S/C9H10Cl2FNO4S/c1-16-4-5-17-13-18(14,15)7-3-2-6(10)9(12)8(7)11/h2-3,13H,4-5H2,1H3. The first-order valence-electron chi connectivity index (χ1n) is 4.66. The average Bonchev–Trinajstić information content (AvgIpc) is 2.31. The van der Waals surface area contributed by atoms with E-state index >= 15 is 0 Å². The minimum absolute atomic E-state index is 0.00339. The molecule has 0 fully saturated rings. The summed E-state index contributed by atoms with van der Waals surface area (Å²) in [7, 11) is -2.64. The van der Waals surface area contributed by atoms with Crippen LogP contribution < -0.4 is 4.89 Å². The molecule has 0 saturated carbocycles. The number of rotatable bonds is 6. The molecular formula is C9H10Cl2FNO4S. The van der Waals surface area contributed by atoms with Crippen LogP contribution in [0.5, 0.6) is 0 Å². The van der Waals surface area contributed by atoms with Gasteiger partial charge in [0.05, 0.1) is 23.3 Å². The van der Waals surface area contributed by atoms with Gasteiger partial charge in [-0.25, -0.2) is 12.8 Å². The van der Waals surface area contributed by atoms with Crippen molar-refractivity contribution in [2.75, 3.05) is 20.3 Å². The predicted molar refractivity (Wildman–Crippen MR) is 64.6 cm³/mol. The minimum Gasteiger partial charge on any atom is -0.382 e. The normalized spacial score (nSPS) is 11.8. The summed E-state index contributed by atoms with van der Waals surface area (Å²) in [5, 5.41) is -0.857. The van der Waals surface area contributed by atoms with Gasteiger partial charge in [-0.3, -0.25) is 4.84 Å². The van der Waals surface area contributed by atoms with Gasteiger partial charge in [-0.2, -0.15) is 0 Å². The fourth-order valence-corrected chi connectivity index (χ4v) is 2.58. The van der Waals surface area contributed by atoms with Crippen LogP contribution in [0.4, 0.5) is 4.39 Å². The van der Waals surface area contributed by atoms with E-state index in [-0.39, 0.29) is 18.2 Å². The van der Waals surface area contributed by atoms with Gasteiger partial charge < -0.3 is 4.74 Å². The third kappa shape index (κ3) is 3.78. The molecule has 1 aromatic carbocycles. The van der Waals surface area contributed by atoms with Crippen molar-refractivity contribution in [1.82, 2.24) is 4.89 Å². The molecule has 0 radical (unpaired) electrons. The van der Waals surface area contributed by atoms with Crippen LogP contribution >= 0.6 is 23.2 Å². The predicted octanol–water partition coefficient (Wildman–Crippen LogP) is 1.99. The van der Waals surface area contributed by atoms with Crippen molar-refractivity contribution >= 4 is 33.2 Å². The zero-order valence-electron chi connectivity index (χ0n) is 9.24. The second kappa shape index (κ2) is 6.65. The first kappa shape index (κ1) is 15.6. The third-order valence-electron chi connectivity index (χ3n) is 1.85. The first-order chi connectivity index (χ1) is 8.40. The summed E-state index contributed by atoms with van der Waals surface area (Å²) in [6, 6.07) is 2.17. The van der Waals surface area contributed by atoms with Crippen molar-refractivity contribution in [3.8, 4) is 0 Å². The lowest BCUT2D eigenvalue weighted by atomic mass is 10.3. The van der Waals surface area contributed by atoms with Gasteiger partial charge in [0.15, 0.2) is 5.82 Å². The van der Waals surface area contributed by atoms with E-state index in [1.165, 1.54) is 7.11 Å². The van der Waals surface area contributed by atoms with Crippen molar-refractivity contribution in [2.24, 2.45) is 0 Å². The number of hydrogen-bond acceptors (Lipinski definition) is 4. The van der Waals surface area contributed by atoms with Crippen LogP contribution in [0.25, 0.3) is 0 Å². The fraction of sp³-hybridized carbons (Fsp3) is 0.333. The molecular weight excluding hydrogens is 308 g/mol. The van der Waals surface area contributed by atoms with Crippen LogP contribution in [0.1, 0.15) is 0 Å². The van der Waals surface area contributed by atoms with E-state index in [4.69, 9.17) is 23.2 Å². The Morgan fingerprint density at radius 1 is 1.33 bits per heavy atom. The Hall–Kier alpha value is -0.440. The van der Waals surface area contributed by atoms with Crippen molar-refractivity contribution in [3.63, 3.8) is 0 Å². The van der Waals surface area contributed by atoms with Gasteiger partial charge >= 0.3 is 0 Å². The van der Waals surface area contributed by atoms with Crippen molar-refractivity contribution in [3.05, 3.63) is 28.0 Å². The SMILES string of the molecule is COCCONS(=O)(=O)c1ccc(Cl)c(F)c1Cl. The van der Waals surface area contributed by atoms with E-state index in [2.05, 4.69) is 9.57 Å². The van der Waals surface area contributed by atoms with E-state index < -0.39 is 25.8 Å². The zero-order valence-corrected chi connectivity index (χ0v) is 11.6. The Balaban J connectivity index is 2.89. The molecule has 0 aromatic heterocycles. The highest BCUT2D eigenvalue weighted by molar-refractivity contribution is 7.89. The summed E-state index contributed by atoms with van der Waals surface area (Å²) in [5.74, 6) is -1.00. The lowest BCUT2D eigenvalue weighted by Gasteiger charge is -2.09. The van der Waals surface area contributed by atoms with E-state index in [1.807, 2.05) is 0 Å². The lowest BCUT2D eigenvalue weighted by Crippen LogP contribution is -2.26. The van der Waals surface area contributed by atoms with Crippen LogP contribution in [-0.4, -0.2) is 28.7 Å². The van der Waals surface area contributed by atoms with Crippen LogP contribution in [-0.2, 0) is 19.6 Å². The van der Waals surface area contributed by atoms with Gasteiger partial charge in [0.1, 0.15) is 4.90 Å². The summed E-state index contributed by atoms with van der Waals surface area (Å²) >= 11 is 11.0. The Kier molecular flexibility index (Phi) is 5.77. The van der Waals surface area contributed by atoms with Crippen molar-refractivity contribution < 1.29 is 22.4 Å². The average molecular weight is 318 g/mol. The second-order valence-corrected chi connectivity index (χ2v) is 5.50. The summed E-state index contributed by atoms with van der Waals surface area (Å²) in [6.07, 6.45) is 0. The third-order valence-corrected chi connectivity index (χ3v) is 3.88. The van der Waals surface area contributed by atoms with Crippen LogP contribution in [0.3, 0.4) is 0 Å². The summed E-state index contributed by atoms with van der Waals surface area (Å²) in [6.45, 7) is 0.203. The maximum atomic E-state index is 13.3. The Bertz CT molecular complexity index is 524. The molecule has 0 bridgehead atoms. The molecule has 1 rings (SSSR count). The monoisotopic (exact) mass is 317 g/mol. The van der Waals surface area contributed by atoms with Gasteiger partial charge in [0.2, 0.25) is 0 Å². The molecule has 0 aliphatic carbocycles. The quantitative estimate of drug-likeness (QED) is 0.495. The van der Waals surface area contributed by atoms with Crippen LogP contribution in [0.2, 0.25) is 10.0 Å². The Labute approximate surface area is 114 Å². The summed E-state index contributed by atoms with van der Waals surface area (Å²) < 4.78 is 41.4. The molecule has 1 aromatic rings. The molecule has 0 heterocycles. The van der Waals surface area contributed by atoms with Crippen LogP contribution in [0, 0.1) is 5.82 Å². The Morgan fingerprint density at radius 2 is 2.00 bits per heavy atom. The van der Waals surface area contributed by atoms with Crippen molar-refractivity contribution in [2.45, 2.75) is 4.90 Å². The molecule has 5 nitrogen and oxygen atoms in total. The molecule has 0 aliphatic rings. The first-order valence-corrected chi connectivity index (χ1v) is 6.90. The lowest BCUT2D eigenvalue weighted by molar-refractivity contribution is 0.0438. The smallest absolute Gasteiger partial charge is 0.264 e. The molecule has 0 aliphatic heterocycles. The van der Waals surface area contributed by atoms with Gasteiger partial charge in [-0.1, -0.05) is 28.1 Å². The summed E-state index contributed by atoms with van der Waals surface area (Å²) in [5.41, 5.74) is 0. The second-order valence-electron chi connectivity index (χ2n) is 3.10. The number of methoxy groups -OCH3 is 1. The van der Waals surface area contributed by atoms with E-state index in [1.54, 1.807) is 4.89 Å². The number of halogens is 3. The topological polar surface area (TPSA) is 64.6 Å². The minimum atomic E-state index is -4.07. The molecule has 0 unspecified atom stereocenters. The zero-order chi connectivity index (χ0) is 13.8. The largest absolute Gasteiger partial charge is 0.382 e. The van der Waals surface area contributed by atoms with Gasteiger partial charge in [-0.05, 0) is 12.1 Å². The molecule has 0 saturated heterocycles. The Morgan fingerprint density at radius 3 is 2.61 bits per heavy atom. The molecule has 9 heteroatoms. The fourth-order valence-electron chi connectivity index (χ4n) is 1.00. The molecule has 18 heavy (non-hydrogen) atoms. The molecule has 0 atom stereocenters. The van der Waals surface area contributed by atoms with E-state index in [0.29, 0.717) is 0 Å². The number of hydrogen-bond donors (Lipinski definition) is 1. The van der Waals surface area contributed by atoms with Gasteiger partial charge in [-0.15, -0.1) is 0 Å².